The molecule has 6 nitrogen and oxygen atoms in total. The molecule has 0 radical (unpaired) electrons. The van der Waals surface area contributed by atoms with Crippen LogP contribution in [-0.2, 0) is 13.0 Å². The number of fused-ring (bicyclic) bond motifs is 1. The molecule has 0 fully saturated rings. The Morgan fingerprint density at radius 1 is 1.71 bits per heavy atom. The Morgan fingerprint density at radius 3 is 3.21 bits per heavy atom. The van der Waals surface area contributed by atoms with Gasteiger partial charge in [-0.1, -0.05) is 5.16 Å². The number of nitrogens with one attached hydrogen (secondary N) is 1. The van der Waals surface area contributed by atoms with Crippen molar-refractivity contribution in [2.45, 2.75) is 13.0 Å². The zero-order chi connectivity index (χ0) is 10.1. The van der Waals surface area contributed by atoms with Crippen LogP contribution in [0.4, 0.5) is 10.7 Å². The number of carbonyl (C=O) groups is 1. The number of hydrogen-bond acceptors (Lipinski definition) is 4. The lowest BCUT2D eigenvalue weighted by Crippen LogP contribution is -2.41. The number of hydrogen-bond donors (Lipinski definition) is 2. The monoisotopic (exact) mass is 196 g/mol. The third-order valence-electron chi connectivity index (χ3n) is 2.37. The van der Waals surface area contributed by atoms with Gasteiger partial charge in [0.2, 0.25) is 5.88 Å². The molecule has 1 aromatic heterocycles. The predicted octanol–water partition coefficient (Wildman–Crippen LogP) is -0.0457. The molecular weight excluding hydrogens is 184 g/mol. The lowest BCUT2D eigenvalue weighted by molar-refractivity contribution is 0.193. The highest BCUT2D eigenvalue weighted by Gasteiger charge is 2.24. The molecule has 0 saturated carbocycles. The molecule has 1 aromatic rings. The predicted molar refractivity (Wildman–Crippen MR) is 49.5 cm³/mol. The zero-order valence-corrected chi connectivity index (χ0v) is 7.91. The van der Waals surface area contributed by atoms with Crippen molar-refractivity contribution in [1.82, 2.24) is 15.4 Å². The van der Waals surface area contributed by atoms with E-state index in [9.17, 15) is 4.79 Å². The van der Waals surface area contributed by atoms with E-state index < -0.39 is 0 Å². The van der Waals surface area contributed by atoms with E-state index in [1.54, 1.807) is 11.9 Å². The fourth-order valence-corrected chi connectivity index (χ4v) is 1.59. The lowest BCUT2D eigenvalue weighted by Gasteiger charge is -2.24. The quantitative estimate of drug-likeness (QED) is 0.609. The summed E-state index contributed by atoms with van der Waals surface area (Å²) in [5.41, 5.74) is 7.26. The Balaban J connectivity index is 2.18. The topological polar surface area (TPSA) is 84.4 Å². The number of anilines is 1. The van der Waals surface area contributed by atoms with Crippen LogP contribution in [0, 0.1) is 0 Å². The maximum absolute atomic E-state index is 11.3. The zero-order valence-electron chi connectivity index (χ0n) is 7.91. The fourth-order valence-electron chi connectivity index (χ4n) is 1.59. The van der Waals surface area contributed by atoms with Crippen LogP contribution in [0.2, 0.25) is 0 Å². The normalized spacial score (nSPS) is 15.1. The van der Waals surface area contributed by atoms with Crippen LogP contribution in [0.3, 0.4) is 0 Å². The molecule has 2 heterocycles. The molecule has 0 atom stereocenters. The number of urea groups is 1. The van der Waals surface area contributed by atoms with E-state index in [4.69, 9.17) is 10.3 Å². The first-order chi connectivity index (χ1) is 6.72. The summed E-state index contributed by atoms with van der Waals surface area (Å²) in [4.78, 5) is 13.0. The Kier molecular flexibility index (Phi) is 2.03. The minimum absolute atomic E-state index is 0.0998. The average Bonchev–Trinajstić information content (AvgIpc) is 2.59. The van der Waals surface area contributed by atoms with Gasteiger partial charge in [-0.05, 0) is 6.42 Å². The van der Waals surface area contributed by atoms with Gasteiger partial charge >= 0.3 is 6.03 Å². The number of nitrogens with zero attached hydrogens (tertiary/aromatic N) is 2. The Bertz CT molecular complexity index is 360. The third-order valence-corrected chi connectivity index (χ3v) is 2.37. The van der Waals surface area contributed by atoms with Crippen molar-refractivity contribution in [3.63, 3.8) is 0 Å². The van der Waals surface area contributed by atoms with E-state index in [0.717, 1.165) is 11.3 Å². The van der Waals surface area contributed by atoms with Gasteiger partial charge < -0.3 is 20.5 Å². The summed E-state index contributed by atoms with van der Waals surface area (Å²) in [6, 6.07) is -0.0998. The van der Waals surface area contributed by atoms with Gasteiger partial charge in [0.05, 0.1) is 6.54 Å². The summed E-state index contributed by atoms with van der Waals surface area (Å²) >= 11 is 0. The second-order valence-corrected chi connectivity index (χ2v) is 3.20. The van der Waals surface area contributed by atoms with Crippen LogP contribution < -0.4 is 11.1 Å². The summed E-state index contributed by atoms with van der Waals surface area (Å²) < 4.78 is 4.85. The fraction of sp³-hybridized carbons (Fsp3) is 0.500. The van der Waals surface area contributed by atoms with Crippen LogP contribution in [0.1, 0.15) is 11.3 Å². The first-order valence-corrected chi connectivity index (χ1v) is 4.42. The van der Waals surface area contributed by atoms with Crippen molar-refractivity contribution in [3.05, 3.63) is 11.3 Å². The smallest absolute Gasteiger partial charge is 0.317 e. The van der Waals surface area contributed by atoms with Crippen molar-refractivity contribution in [2.24, 2.45) is 0 Å². The number of aromatic nitrogens is 1. The van der Waals surface area contributed by atoms with Gasteiger partial charge in [0, 0.05) is 19.2 Å². The van der Waals surface area contributed by atoms with E-state index >= 15 is 0 Å². The number of rotatable bonds is 0. The van der Waals surface area contributed by atoms with Gasteiger partial charge in [-0.3, -0.25) is 0 Å². The van der Waals surface area contributed by atoms with Crippen molar-refractivity contribution in [1.29, 1.82) is 0 Å². The van der Waals surface area contributed by atoms with Gasteiger partial charge in [0.25, 0.3) is 0 Å². The molecule has 0 aliphatic carbocycles. The molecule has 0 unspecified atom stereocenters. The van der Waals surface area contributed by atoms with Gasteiger partial charge in [-0.25, -0.2) is 4.79 Å². The Labute approximate surface area is 81.0 Å². The molecule has 14 heavy (non-hydrogen) atoms. The highest BCUT2D eigenvalue weighted by atomic mass is 16.5. The standard InChI is InChI=1S/C8H12N4O2/c1-10-8(13)12-3-2-5-6(4-12)11-14-7(5)9/h2-4,9H2,1H3,(H,10,13). The molecule has 2 rings (SSSR count). The maximum Gasteiger partial charge on any atom is 0.317 e. The van der Waals surface area contributed by atoms with Gasteiger partial charge in [-0.2, -0.15) is 0 Å². The Morgan fingerprint density at radius 2 is 2.50 bits per heavy atom. The maximum atomic E-state index is 11.3. The van der Waals surface area contributed by atoms with E-state index in [0.29, 0.717) is 25.4 Å². The third kappa shape index (κ3) is 1.28. The lowest BCUT2D eigenvalue weighted by atomic mass is 10.1. The van der Waals surface area contributed by atoms with Crippen molar-refractivity contribution in [3.8, 4) is 0 Å². The summed E-state index contributed by atoms with van der Waals surface area (Å²) in [7, 11) is 1.61. The molecule has 76 valence electrons. The highest BCUT2D eigenvalue weighted by molar-refractivity contribution is 5.74. The van der Waals surface area contributed by atoms with Crippen LogP contribution in [0.15, 0.2) is 4.52 Å². The molecule has 2 amide bonds. The van der Waals surface area contributed by atoms with Crippen molar-refractivity contribution in [2.75, 3.05) is 19.3 Å². The first kappa shape index (κ1) is 8.86. The highest BCUT2D eigenvalue weighted by Crippen LogP contribution is 2.23. The molecule has 6 heteroatoms. The molecule has 0 aromatic carbocycles. The van der Waals surface area contributed by atoms with E-state index in [2.05, 4.69) is 10.5 Å². The van der Waals surface area contributed by atoms with Crippen molar-refractivity contribution < 1.29 is 9.32 Å². The molecular formula is C8H12N4O2. The van der Waals surface area contributed by atoms with E-state index in [1.807, 2.05) is 0 Å². The molecule has 0 saturated heterocycles. The number of nitrogens with two attached hydrogens (primary N) is 1. The summed E-state index contributed by atoms with van der Waals surface area (Å²) in [6.45, 7) is 1.12. The van der Waals surface area contributed by atoms with Gasteiger partial charge in [0.1, 0.15) is 5.69 Å². The van der Waals surface area contributed by atoms with Gasteiger partial charge in [0.15, 0.2) is 0 Å². The SMILES string of the molecule is CNC(=O)N1CCc2c(noc2N)C1. The summed E-state index contributed by atoms with van der Waals surface area (Å²) in [5.74, 6) is 0.372. The molecule has 1 aliphatic rings. The Hall–Kier alpha value is -1.72. The average molecular weight is 196 g/mol. The summed E-state index contributed by atoms with van der Waals surface area (Å²) in [5, 5.41) is 6.37. The first-order valence-electron chi connectivity index (χ1n) is 4.42. The van der Waals surface area contributed by atoms with Crippen LogP contribution in [0.25, 0.3) is 0 Å². The second-order valence-electron chi connectivity index (χ2n) is 3.20. The largest absolute Gasteiger partial charge is 0.367 e. The second kappa shape index (κ2) is 3.21. The minimum Gasteiger partial charge on any atom is -0.367 e. The number of nitrogen functional groups attached to an aromatic ring is 1. The molecule has 0 spiro atoms. The number of carbonyl (C=O) groups excluding carboxylic acids is 1. The van der Waals surface area contributed by atoms with E-state index in [1.165, 1.54) is 0 Å². The van der Waals surface area contributed by atoms with Crippen LogP contribution in [-0.4, -0.2) is 29.7 Å². The van der Waals surface area contributed by atoms with E-state index in [-0.39, 0.29) is 6.03 Å². The number of amides is 2. The molecule has 1 aliphatic heterocycles. The minimum atomic E-state index is -0.0998. The molecule has 0 bridgehead atoms. The molecule has 3 N–H and O–H groups in total. The van der Waals surface area contributed by atoms with Crippen molar-refractivity contribution >= 4 is 11.9 Å². The van der Waals surface area contributed by atoms with Crippen LogP contribution >= 0.6 is 0 Å². The van der Waals surface area contributed by atoms with Crippen LogP contribution in [0.5, 0.6) is 0 Å². The summed E-state index contributed by atoms with van der Waals surface area (Å²) in [6.07, 6.45) is 0.706. The van der Waals surface area contributed by atoms with Gasteiger partial charge in [-0.15, -0.1) is 0 Å².